The zero-order chi connectivity index (χ0) is 19.8. The van der Waals surface area contributed by atoms with Crippen LogP contribution in [0.3, 0.4) is 0 Å². The number of hydrogen-bond donors (Lipinski definition) is 0. The Hall–Kier alpha value is -2.33. The summed E-state index contributed by atoms with van der Waals surface area (Å²) in [6, 6.07) is 18.4. The van der Waals surface area contributed by atoms with Gasteiger partial charge in [-0.05, 0) is 47.7 Å². The van der Waals surface area contributed by atoms with Crippen molar-refractivity contribution in [1.29, 1.82) is 0 Å². The summed E-state index contributed by atoms with van der Waals surface area (Å²) in [4.78, 5) is 12.4. The fourth-order valence-electron chi connectivity index (χ4n) is 3.40. The number of para-hydroxylation sites is 1. The van der Waals surface area contributed by atoms with Gasteiger partial charge in [-0.25, -0.2) is 4.79 Å². The van der Waals surface area contributed by atoms with Crippen LogP contribution in [0.15, 0.2) is 59.1 Å². The first-order chi connectivity index (χ1) is 12.7. The normalized spacial score (nSPS) is 11.5. The molecule has 3 aromatic rings. The van der Waals surface area contributed by atoms with Gasteiger partial charge in [-0.2, -0.15) is 0 Å². The van der Waals surface area contributed by atoms with Gasteiger partial charge in [-0.3, -0.25) is 0 Å². The second kappa shape index (κ2) is 7.35. The van der Waals surface area contributed by atoms with Gasteiger partial charge in [0.1, 0.15) is 0 Å². The Labute approximate surface area is 169 Å². The fraction of sp³-hybridized carbons (Fsp3) is 0.261. The van der Waals surface area contributed by atoms with Gasteiger partial charge in [0.05, 0.1) is 18.4 Å². The highest BCUT2D eigenvalue weighted by molar-refractivity contribution is 9.10. The first kappa shape index (κ1) is 19.4. The van der Waals surface area contributed by atoms with Crippen molar-refractivity contribution < 1.29 is 9.53 Å². The first-order valence-corrected chi connectivity index (χ1v) is 9.70. The van der Waals surface area contributed by atoms with Crippen molar-refractivity contribution in [3.63, 3.8) is 0 Å². The second-order valence-electron chi connectivity index (χ2n) is 7.63. The minimum atomic E-state index is -0.323. The molecule has 0 radical (unpaired) electrons. The smallest absolute Gasteiger partial charge is 0.339 e. The molecule has 27 heavy (non-hydrogen) atoms. The van der Waals surface area contributed by atoms with Crippen LogP contribution in [0.5, 0.6) is 0 Å². The van der Waals surface area contributed by atoms with Crippen molar-refractivity contribution in [2.45, 2.75) is 33.1 Å². The zero-order valence-electron chi connectivity index (χ0n) is 16.3. The molecule has 0 fully saturated rings. The number of esters is 1. The molecular weight excluding hydrogens is 402 g/mol. The average molecular weight is 426 g/mol. The number of nitrogens with zero attached hydrogens (tertiary/aromatic N) is 1. The highest BCUT2D eigenvalue weighted by atomic mass is 79.9. The lowest BCUT2D eigenvalue weighted by Crippen LogP contribution is -2.16. The van der Waals surface area contributed by atoms with E-state index in [1.165, 1.54) is 12.7 Å². The summed E-state index contributed by atoms with van der Waals surface area (Å²) in [7, 11) is 1.42. The van der Waals surface area contributed by atoms with Crippen molar-refractivity contribution >= 4 is 21.9 Å². The van der Waals surface area contributed by atoms with Gasteiger partial charge < -0.3 is 9.30 Å². The number of methoxy groups -OCH3 is 1. The minimum absolute atomic E-state index is 0.0345. The minimum Gasteiger partial charge on any atom is -0.465 e. The molecule has 0 aliphatic rings. The van der Waals surface area contributed by atoms with E-state index in [0.717, 1.165) is 27.1 Å². The lowest BCUT2D eigenvalue weighted by molar-refractivity contribution is 0.0600. The molecule has 0 aliphatic carbocycles. The van der Waals surface area contributed by atoms with E-state index >= 15 is 0 Å². The topological polar surface area (TPSA) is 31.2 Å². The molecule has 0 atom stereocenters. The molecule has 2 aromatic carbocycles. The van der Waals surface area contributed by atoms with Crippen molar-refractivity contribution in [3.8, 4) is 16.9 Å². The van der Waals surface area contributed by atoms with Crippen LogP contribution in [0.1, 0.15) is 42.4 Å². The number of benzene rings is 2. The molecule has 0 spiro atoms. The Bertz CT molecular complexity index is 996. The van der Waals surface area contributed by atoms with E-state index < -0.39 is 0 Å². The third kappa shape index (κ3) is 3.72. The SMILES string of the molecule is COC(=O)c1cc(-c2cccc(Br)c2)n(-c2ccccc2C(C)(C)C)c1C. The van der Waals surface area contributed by atoms with E-state index in [-0.39, 0.29) is 11.4 Å². The summed E-state index contributed by atoms with van der Waals surface area (Å²) in [5.74, 6) is -0.323. The van der Waals surface area contributed by atoms with Crippen LogP contribution in [0.25, 0.3) is 16.9 Å². The Kier molecular flexibility index (Phi) is 5.29. The maximum Gasteiger partial charge on any atom is 0.339 e. The molecule has 3 rings (SSSR count). The molecule has 3 nitrogen and oxygen atoms in total. The largest absolute Gasteiger partial charge is 0.465 e. The van der Waals surface area contributed by atoms with Crippen molar-refractivity contribution in [3.05, 3.63) is 75.9 Å². The van der Waals surface area contributed by atoms with Crippen LogP contribution in [0.2, 0.25) is 0 Å². The lowest BCUT2D eigenvalue weighted by Gasteiger charge is -2.25. The molecular formula is C23H24BrNO2. The molecule has 140 valence electrons. The summed E-state index contributed by atoms with van der Waals surface area (Å²) in [6.07, 6.45) is 0. The zero-order valence-corrected chi connectivity index (χ0v) is 17.9. The number of carbonyl (C=O) groups is 1. The summed E-state index contributed by atoms with van der Waals surface area (Å²) in [5, 5.41) is 0. The molecule has 0 saturated carbocycles. The molecule has 1 heterocycles. The molecule has 0 amide bonds. The van der Waals surface area contributed by atoms with Crippen molar-refractivity contribution in [1.82, 2.24) is 4.57 Å². The number of aromatic nitrogens is 1. The van der Waals surface area contributed by atoms with E-state index in [0.29, 0.717) is 5.56 Å². The second-order valence-corrected chi connectivity index (χ2v) is 8.55. The van der Waals surface area contributed by atoms with E-state index in [1.807, 2.05) is 31.2 Å². The van der Waals surface area contributed by atoms with E-state index in [1.54, 1.807) is 0 Å². The van der Waals surface area contributed by atoms with Gasteiger partial charge in [0.2, 0.25) is 0 Å². The predicted octanol–water partition coefficient (Wildman–Crippen LogP) is 6.30. The highest BCUT2D eigenvalue weighted by Gasteiger charge is 2.24. The summed E-state index contributed by atoms with van der Waals surface area (Å²) in [5.41, 5.74) is 5.71. The van der Waals surface area contributed by atoms with Gasteiger partial charge in [0, 0.05) is 15.9 Å². The maximum absolute atomic E-state index is 12.4. The van der Waals surface area contributed by atoms with E-state index in [2.05, 4.69) is 71.6 Å². The molecule has 0 aliphatic heterocycles. The number of ether oxygens (including phenoxy) is 1. The van der Waals surface area contributed by atoms with Gasteiger partial charge in [-0.1, -0.05) is 67.0 Å². The van der Waals surface area contributed by atoms with Crippen molar-refractivity contribution in [2.24, 2.45) is 0 Å². The van der Waals surface area contributed by atoms with Crippen LogP contribution in [-0.4, -0.2) is 17.6 Å². The number of carbonyl (C=O) groups excluding carboxylic acids is 1. The molecule has 0 N–H and O–H groups in total. The monoisotopic (exact) mass is 425 g/mol. The third-order valence-electron chi connectivity index (χ3n) is 4.73. The van der Waals surface area contributed by atoms with Crippen molar-refractivity contribution in [2.75, 3.05) is 7.11 Å². The molecule has 0 unspecified atom stereocenters. The van der Waals surface area contributed by atoms with E-state index in [4.69, 9.17) is 4.74 Å². The number of hydrogen-bond acceptors (Lipinski definition) is 2. The fourth-order valence-corrected chi connectivity index (χ4v) is 3.80. The standard InChI is InChI=1S/C23H24BrNO2/c1-15-18(22(26)27-5)14-21(16-9-8-10-17(24)13-16)25(15)20-12-7-6-11-19(20)23(2,3)4/h6-14H,1-5H3. The lowest BCUT2D eigenvalue weighted by atomic mass is 9.85. The predicted molar refractivity (Wildman–Crippen MR) is 114 cm³/mol. The molecule has 4 heteroatoms. The summed E-state index contributed by atoms with van der Waals surface area (Å²) in [6.45, 7) is 8.56. The molecule has 0 saturated heterocycles. The van der Waals surface area contributed by atoms with Gasteiger partial charge in [-0.15, -0.1) is 0 Å². The Morgan fingerprint density at radius 2 is 1.74 bits per heavy atom. The number of halogens is 1. The van der Waals surface area contributed by atoms with Crippen LogP contribution in [0.4, 0.5) is 0 Å². The maximum atomic E-state index is 12.4. The van der Waals surface area contributed by atoms with Crippen LogP contribution in [-0.2, 0) is 10.2 Å². The average Bonchev–Trinajstić information content (AvgIpc) is 2.97. The Morgan fingerprint density at radius 3 is 2.37 bits per heavy atom. The van der Waals surface area contributed by atoms with Gasteiger partial charge >= 0.3 is 5.97 Å². The Morgan fingerprint density at radius 1 is 1.04 bits per heavy atom. The van der Waals surface area contributed by atoms with E-state index in [9.17, 15) is 4.79 Å². The first-order valence-electron chi connectivity index (χ1n) is 8.90. The quantitative estimate of drug-likeness (QED) is 0.461. The number of rotatable bonds is 3. The highest BCUT2D eigenvalue weighted by Crippen LogP contribution is 2.35. The third-order valence-corrected chi connectivity index (χ3v) is 5.22. The van der Waals surface area contributed by atoms with Crippen LogP contribution < -0.4 is 0 Å². The molecule has 1 aromatic heterocycles. The van der Waals surface area contributed by atoms with Crippen LogP contribution >= 0.6 is 15.9 Å². The molecule has 0 bridgehead atoms. The Balaban J connectivity index is 2.36. The summed E-state index contributed by atoms with van der Waals surface area (Å²) < 4.78 is 8.17. The van der Waals surface area contributed by atoms with Gasteiger partial charge in [0.25, 0.3) is 0 Å². The van der Waals surface area contributed by atoms with Crippen LogP contribution in [0, 0.1) is 6.92 Å². The van der Waals surface area contributed by atoms with Gasteiger partial charge in [0.15, 0.2) is 0 Å². The summed E-state index contributed by atoms with van der Waals surface area (Å²) >= 11 is 3.55.